The number of β-amino-alcohol motifs (C(OH)–C–C–N with tert-alkyl or cyclic N) is 1. The molecule has 1 aromatic carbocycles. The van der Waals surface area contributed by atoms with Crippen LogP contribution in [0, 0.1) is 11.8 Å². The van der Waals surface area contributed by atoms with Gasteiger partial charge in [0.1, 0.15) is 11.6 Å². The van der Waals surface area contributed by atoms with Gasteiger partial charge in [0.25, 0.3) is 0 Å². The molecule has 3 fully saturated rings. The van der Waals surface area contributed by atoms with E-state index in [1.165, 1.54) is 4.90 Å². The molecular formula is C29H38BrN3O5. The molecule has 1 spiro atoms. The number of hydrogen-bond acceptors (Lipinski definition) is 5. The Morgan fingerprint density at radius 1 is 1.18 bits per heavy atom. The third kappa shape index (κ3) is 4.96. The first-order valence-corrected chi connectivity index (χ1v) is 14.3. The van der Waals surface area contributed by atoms with E-state index in [2.05, 4.69) is 36.0 Å². The third-order valence-corrected chi connectivity index (χ3v) is 8.81. The van der Waals surface area contributed by atoms with Gasteiger partial charge in [-0.05, 0) is 18.4 Å². The molecule has 0 aliphatic carbocycles. The minimum atomic E-state index is -1.14. The number of carbonyl (C=O) groups excluding carboxylic acids is 3. The molecule has 6 atom stereocenters. The van der Waals surface area contributed by atoms with Crippen LogP contribution < -0.4 is 0 Å². The van der Waals surface area contributed by atoms with E-state index in [-0.39, 0.29) is 35.7 Å². The highest BCUT2D eigenvalue weighted by atomic mass is 79.9. The van der Waals surface area contributed by atoms with Gasteiger partial charge in [-0.25, -0.2) is 0 Å². The molecule has 3 heterocycles. The van der Waals surface area contributed by atoms with E-state index < -0.39 is 29.6 Å². The fourth-order valence-electron chi connectivity index (χ4n) is 6.41. The summed E-state index contributed by atoms with van der Waals surface area (Å²) in [5, 5.41) is 9.84. The number of likely N-dealkylation sites (tertiary alicyclic amines) is 1. The number of alkyl halides is 1. The predicted octanol–water partition coefficient (Wildman–Crippen LogP) is 2.76. The average molecular weight is 589 g/mol. The van der Waals surface area contributed by atoms with Gasteiger partial charge in [0.05, 0.1) is 24.5 Å². The maximum absolute atomic E-state index is 14.1. The summed E-state index contributed by atoms with van der Waals surface area (Å²) in [7, 11) is 0. The van der Waals surface area contributed by atoms with Crippen molar-refractivity contribution in [2.45, 2.75) is 55.3 Å². The number of aliphatic hydroxyl groups excluding tert-OH is 1. The molecule has 1 N–H and O–H groups in total. The second kappa shape index (κ2) is 12.1. The first kappa shape index (κ1) is 28.5. The van der Waals surface area contributed by atoms with Crippen LogP contribution in [0.2, 0.25) is 0 Å². The van der Waals surface area contributed by atoms with Crippen LogP contribution in [0.4, 0.5) is 0 Å². The van der Waals surface area contributed by atoms with E-state index in [4.69, 9.17) is 4.74 Å². The number of ether oxygens (including phenoxy) is 1. The Bertz CT molecular complexity index is 1050. The van der Waals surface area contributed by atoms with Gasteiger partial charge in [0.2, 0.25) is 17.7 Å². The van der Waals surface area contributed by atoms with E-state index in [1.54, 1.807) is 22.0 Å². The van der Waals surface area contributed by atoms with Crippen LogP contribution in [0.3, 0.4) is 0 Å². The van der Waals surface area contributed by atoms with Crippen LogP contribution in [-0.2, 0) is 25.7 Å². The molecular weight excluding hydrogens is 550 g/mol. The van der Waals surface area contributed by atoms with Crippen molar-refractivity contribution in [1.82, 2.24) is 14.7 Å². The van der Waals surface area contributed by atoms with Crippen molar-refractivity contribution < 1.29 is 24.2 Å². The number of hydrogen-bond donors (Lipinski definition) is 1. The molecule has 2 bridgehead atoms. The van der Waals surface area contributed by atoms with E-state index in [9.17, 15) is 19.5 Å². The zero-order valence-corrected chi connectivity index (χ0v) is 23.6. The summed E-state index contributed by atoms with van der Waals surface area (Å²) in [5.74, 6) is -2.25. The highest BCUT2D eigenvalue weighted by molar-refractivity contribution is 9.09. The van der Waals surface area contributed by atoms with Crippen LogP contribution in [-0.4, -0.2) is 92.9 Å². The number of carbonyl (C=O) groups is 3. The maximum atomic E-state index is 14.1. The predicted molar refractivity (Wildman–Crippen MR) is 148 cm³/mol. The van der Waals surface area contributed by atoms with Gasteiger partial charge < -0.3 is 24.5 Å². The maximum Gasteiger partial charge on any atom is 0.248 e. The summed E-state index contributed by atoms with van der Waals surface area (Å²) in [4.78, 5) is 46.8. The standard InChI is InChI=1S/C29H38BrN3O5/c1-4-7-15-31(13-5-2)28(37)25-29-18-21(30)24(38-29)22(23(29)27(36)33(25)16-17-34)26(35)32(14-6-3)19-20-11-9-8-10-12-20/h5-6,8-12,21-25,34H,2-4,7,13-19H2,1H3/t21?,22-,23-,24-,25?,29?/m0/s1. The van der Waals surface area contributed by atoms with Gasteiger partial charge >= 0.3 is 0 Å². The van der Waals surface area contributed by atoms with Crippen molar-refractivity contribution in [2.24, 2.45) is 11.8 Å². The van der Waals surface area contributed by atoms with Crippen LogP contribution in [0.5, 0.6) is 0 Å². The van der Waals surface area contributed by atoms with E-state index >= 15 is 0 Å². The molecule has 1 aromatic rings. The van der Waals surface area contributed by atoms with E-state index in [0.717, 1.165) is 18.4 Å². The summed E-state index contributed by atoms with van der Waals surface area (Å²) in [6.45, 7) is 11.0. The highest BCUT2D eigenvalue weighted by Crippen LogP contribution is 2.60. The lowest BCUT2D eigenvalue weighted by molar-refractivity contribution is -0.149. The first-order valence-electron chi connectivity index (χ1n) is 13.4. The fourth-order valence-corrected chi connectivity index (χ4v) is 7.35. The molecule has 9 heteroatoms. The number of unbranched alkanes of at least 4 members (excludes halogenated alkanes) is 1. The van der Waals surface area contributed by atoms with Crippen molar-refractivity contribution in [3.05, 3.63) is 61.2 Å². The Kier molecular flexibility index (Phi) is 9.11. The van der Waals surface area contributed by atoms with Crippen molar-refractivity contribution >= 4 is 33.7 Å². The van der Waals surface area contributed by atoms with Crippen LogP contribution in [0.1, 0.15) is 31.7 Å². The average Bonchev–Trinajstić information content (AvgIpc) is 3.50. The minimum absolute atomic E-state index is 0.00543. The smallest absolute Gasteiger partial charge is 0.248 e. The molecule has 4 rings (SSSR count). The largest absolute Gasteiger partial charge is 0.395 e. The van der Waals surface area contributed by atoms with Gasteiger partial charge in [-0.2, -0.15) is 0 Å². The Morgan fingerprint density at radius 2 is 1.87 bits per heavy atom. The lowest BCUT2D eigenvalue weighted by Gasteiger charge is -2.37. The third-order valence-electron chi connectivity index (χ3n) is 7.97. The van der Waals surface area contributed by atoms with Crippen LogP contribution in [0.25, 0.3) is 0 Å². The first-order chi connectivity index (χ1) is 18.3. The molecule has 3 unspecified atom stereocenters. The molecule has 0 saturated carbocycles. The summed E-state index contributed by atoms with van der Waals surface area (Å²) in [6.07, 6.45) is 4.99. The lowest BCUT2D eigenvalue weighted by Crippen LogP contribution is -2.57. The molecule has 3 aliphatic rings. The molecule has 206 valence electrons. The summed E-state index contributed by atoms with van der Waals surface area (Å²) >= 11 is 3.72. The molecule has 3 saturated heterocycles. The monoisotopic (exact) mass is 587 g/mol. The Hall–Kier alpha value is -2.49. The quantitative estimate of drug-likeness (QED) is 0.283. The van der Waals surface area contributed by atoms with Crippen molar-refractivity contribution in [3.8, 4) is 0 Å². The number of halogens is 1. The summed E-state index contributed by atoms with van der Waals surface area (Å²) in [6, 6.07) is 8.78. The van der Waals surface area contributed by atoms with Gasteiger partial charge in [0, 0.05) is 37.6 Å². The van der Waals surface area contributed by atoms with E-state index in [1.807, 2.05) is 30.3 Å². The number of aliphatic hydroxyl groups is 1. The summed E-state index contributed by atoms with van der Waals surface area (Å²) in [5.41, 5.74) is -0.165. The Balaban J connectivity index is 1.71. The molecule has 0 radical (unpaired) electrons. The molecule has 8 nitrogen and oxygen atoms in total. The second-order valence-corrected chi connectivity index (χ2v) is 11.5. The highest BCUT2D eigenvalue weighted by Gasteiger charge is 2.76. The number of benzene rings is 1. The van der Waals surface area contributed by atoms with Gasteiger partial charge in [-0.15, -0.1) is 13.2 Å². The van der Waals surface area contributed by atoms with E-state index in [0.29, 0.717) is 32.6 Å². The van der Waals surface area contributed by atoms with Crippen molar-refractivity contribution in [2.75, 3.05) is 32.8 Å². The fraction of sp³-hybridized carbons (Fsp3) is 0.552. The van der Waals surface area contributed by atoms with Gasteiger partial charge in [0.15, 0.2) is 0 Å². The number of fused-ring (bicyclic) bond motifs is 1. The molecule has 3 amide bonds. The molecule has 0 aromatic heterocycles. The number of amides is 3. The second-order valence-electron chi connectivity index (χ2n) is 10.3. The van der Waals surface area contributed by atoms with Crippen LogP contribution >= 0.6 is 15.9 Å². The lowest BCUT2D eigenvalue weighted by atomic mass is 9.70. The van der Waals surface area contributed by atoms with Crippen molar-refractivity contribution in [3.63, 3.8) is 0 Å². The Labute approximate surface area is 233 Å². The van der Waals surface area contributed by atoms with Crippen LogP contribution in [0.15, 0.2) is 55.6 Å². The topological polar surface area (TPSA) is 90.4 Å². The SMILES string of the molecule is C=CCN(CCCC)C(=O)C1N(CCO)C(=O)[C@@H]2[C@H](C(=O)N(CC=C)Cc3ccccc3)[C@H]3OC12CC3Br. The van der Waals surface area contributed by atoms with Crippen molar-refractivity contribution in [1.29, 1.82) is 0 Å². The Morgan fingerprint density at radius 3 is 2.50 bits per heavy atom. The number of rotatable bonds is 13. The molecule has 3 aliphatic heterocycles. The normalized spacial score (nSPS) is 29.3. The minimum Gasteiger partial charge on any atom is -0.395 e. The number of nitrogens with zero attached hydrogens (tertiary/aromatic N) is 3. The zero-order valence-electron chi connectivity index (χ0n) is 22.0. The van der Waals surface area contributed by atoms with Gasteiger partial charge in [-0.1, -0.05) is 71.8 Å². The van der Waals surface area contributed by atoms with Gasteiger partial charge in [-0.3, -0.25) is 14.4 Å². The zero-order chi connectivity index (χ0) is 27.4. The summed E-state index contributed by atoms with van der Waals surface area (Å²) < 4.78 is 6.58. The molecule has 38 heavy (non-hydrogen) atoms.